The van der Waals surface area contributed by atoms with Gasteiger partial charge in [0, 0.05) is 16.5 Å². The molecule has 1 atom stereocenters. The Labute approximate surface area is 180 Å². The quantitative estimate of drug-likeness (QED) is 0.405. The Hall–Kier alpha value is -3.38. The standard InChI is InChI=1S/C24H23NO4S/c1-2-28-20-12-7-6-9-18(20)14-15-23(27)29-17-22(26)25-24(21-13-8-16-30-21)19-10-4-3-5-11-19/h3-16,24H,2,17H2,1H3,(H,25,26)/b15-14+/t24-/m1/s1. The number of para-hydroxylation sites is 1. The fourth-order valence-corrected chi connectivity index (χ4v) is 3.67. The van der Waals surface area contributed by atoms with Crippen molar-refractivity contribution in [2.45, 2.75) is 13.0 Å². The van der Waals surface area contributed by atoms with Gasteiger partial charge in [-0.05, 0) is 36.1 Å². The summed E-state index contributed by atoms with van der Waals surface area (Å²) in [5.74, 6) is -0.277. The van der Waals surface area contributed by atoms with Crippen molar-refractivity contribution in [2.24, 2.45) is 0 Å². The molecule has 3 rings (SSSR count). The molecule has 0 bridgehead atoms. The Bertz CT molecular complexity index is 983. The topological polar surface area (TPSA) is 64.6 Å². The van der Waals surface area contributed by atoms with Crippen LogP contribution in [-0.4, -0.2) is 25.1 Å². The maximum absolute atomic E-state index is 12.4. The fraction of sp³-hybridized carbons (Fsp3) is 0.167. The van der Waals surface area contributed by atoms with E-state index < -0.39 is 5.97 Å². The summed E-state index contributed by atoms with van der Waals surface area (Å²) >= 11 is 1.56. The number of hydrogen-bond donors (Lipinski definition) is 1. The lowest BCUT2D eigenvalue weighted by molar-refractivity contribution is -0.143. The summed E-state index contributed by atoms with van der Waals surface area (Å²) in [6.45, 7) is 2.07. The molecule has 0 radical (unpaired) electrons. The highest BCUT2D eigenvalue weighted by Gasteiger charge is 2.18. The van der Waals surface area contributed by atoms with Gasteiger partial charge in [-0.2, -0.15) is 0 Å². The average molecular weight is 422 g/mol. The van der Waals surface area contributed by atoms with Gasteiger partial charge in [-0.25, -0.2) is 4.79 Å². The van der Waals surface area contributed by atoms with Gasteiger partial charge >= 0.3 is 5.97 Å². The number of benzene rings is 2. The highest BCUT2D eigenvalue weighted by molar-refractivity contribution is 7.10. The first-order valence-corrected chi connectivity index (χ1v) is 10.5. The van der Waals surface area contributed by atoms with Gasteiger partial charge in [0.15, 0.2) is 6.61 Å². The highest BCUT2D eigenvalue weighted by Crippen LogP contribution is 2.25. The number of carbonyl (C=O) groups excluding carboxylic acids is 2. The molecule has 3 aromatic rings. The molecule has 0 aliphatic rings. The van der Waals surface area contributed by atoms with E-state index >= 15 is 0 Å². The summed E-state index contributed by atoms with van der Waals surface area (Å²) in [6, 6.07) is 20.7. The molecular weight excluding hydrogens is 398 g/mol. The number of hydrogen-bond acceptors (Lipinski definition) is 5. The maximum Gasteiger partial charge on any atom is 0.331 e. The molecule has 2 aromatic carbocycles. The molecule has 154 valence electrons. The Morgan fingerprint density at radius 3 is 2.53 bits per heavy atom. The fourth-order valence-electron chi connectivity index (χ4n) is 2.87. The van der Waals surface area contributed by atoms with Crippen LogP contribution in [0, 0.1) is 0 Å². The Morgan fingerprint density at radius 1 is 1.03 bits per heavy atom. The molecule has 5 nitrogen and oxygen atoms in total. The number of esters is 1. The van der Waals surface area contributed by atoms with Crippen molar-refractivity contribution in [3.63, 3.8) is 0 Å². The first-order valence-electron chi connectivity index (χ1n) is 9.61. The summed E-state index contributed by atoms with van der Waals surface area (Å²) in [5, 5.41) is 4.90. The van der Waals surface area contributed by atoms with Crippen LogP contribution in [0.1, 0.15) is 29.0 Å². The average Bonchev–Trinajstić information content (AvgIpc) is 3.31. The number of rotatable bonds is 9. The van der Waals surface area contributed by atoms with Crippen LogP contribution in [0.5, 0.6) is 5.75 Å². The lowest BCUT2D eigenvalue weighted by Crippen LogP contribution is -2.32. The van der Waals surface area contributed by atoms with Crippen LogP contribution in [-0.2, 0) is 14.3 Å². The molecule has 0 saturated carbocycles. The van der Waals surface area contributed by atoms with Gasteiger partial charge in [0.2, 0.25) is 0 Å². The number of carbonyl (C=O) groups is 2. The van der Waals surface area contributed by atoms with E-state index in [2.05, 4.69) is 5.32 Å². The third-order valence-corrected chi connectivity index (χ3v) is 5.17. The second-order valence-electron chi connectivity index (χ2n) is 6.34. The first kappa shape index (κ1) is 21.3. The summed E-state index contributed by atoms with van der Waals surface area (Å²) in [5.41, 5.74) is 1.73. The van der Waals surface area contributed by atoms with E-state index in [9.17, 15) is 9.59 Å². The van der Waals surface area contributed by atoms with Gasteiger partial charge in [-0.3, -0.25) is 4.79 Å². The lowest BCUT2D eigenvalue weighted by Gasteiger charge is -2.18. The van der Waals surface area contributed by atoms with E-state index in [1.54, 1.807) is 17.4 Å². The van der Waals surface area contributed by atoms with Crippen LogP contribution in [0.25, 0.3) is 6.08 Å². The molecule has 0 unspecified atom stereocenters. The van der Waals surface area contributed by atoms with Crippen LogP contribution >= 0.6 is 11.3 Å². The largest absolute Gasteiger partial charge is 0.493 e. The van der Waals surface area contributed by atoms with Crippen LogP contribution < -0.4 is 10.1 Å². The SMILES string of the molecule is CCOc1ccccc1/C=C/C(=O)OCC(=O)N[C@H](c1ccccc1)c1cccs1. The maximum atomic E-state index is 12.4. The summed E-state index contributed by atoms with van der Waals surface area (Å²) in [6.07, 6.45) is 2.91. The minimum absolute atomic E-state index is 0.286. The predicted molar refractivity (Wildman–Crippen MR) is 118 cm³/mol. The van der Waals surface area contributed by atoms with Crippen LogP contribution in [0.4, 0.5) is 0 Å². The Kier molecular flexibility index (Phi) is 7.80. The number of thiophene rings is 1. The summed E-state index contributed by atoms with van der Waals surface area (Å²) in [4.78, 5) is 25.5. The smallest absolute Gasteiger partial charge is 0.331 e. The van der Waals surface area contributed by atoms with Crippen LogP contribution in [0.2, 0.25) is 0 Å². The van der Waals surface area contributed by atoms with E-state index in [1.807, 2.05) is 79.0 Å². The molecule has 0 aliphatic carbocycles. The van der Waals surface area contributed by atoms with Crippen molar-refractivity contribution in [1.29, 1.82) is 0 Å². The molecule has 30 heavy (non-hydrogen) atoms. The van der Waals surface area contributed by atoms with Crippen molar-refractivity contribution in [2.75, 3.05) is 13.2 Å². The highest BCUT2D eigenvalue weighted by atomic mass is 32.1. The first-order chi connectivity index (χ1) is 14.7. The molecule has 0 spiro atoms. The minimum Gasteiger partial charge on any atom is -0.493 e. The van der Waals surface area contributed by atoms with E-state index in [1.165, 1.54) is 6.08 Å². The van der Waals surface area contributed by atoms with Crippen molar-refractivity contribution < 1.29 is 19.1 Å². The number of ether oxygens (including phenoxy) is 2. The van der Waals surface area contributed by atoms with Crippen molar-refractivity contribution in [3.8, 4) is 5.75 Å². The van der Waals surface area contributed by atoms with Gasteiger partial charge in [-0.15, -0.1) is 11.3 Å². The van der Waals surface area contributed by atoms with E-state index in [0.717, 1.165) is 16.0 Å². The Morgan fingerprint density at radius 2 is 1.80 bits per heavy atom. The van der Waals surface area contributed by atoms with Gasteiger partial charge < -0.3 is 14.8 Å². The Balaban J connectivity index is 1.57. The number of amides is 1. The minimum atomic E-state index is -0.594. The molecule has 0 saturated heterocycles. The second-order valence-corrected chi connectivity index (χ2v) is 7.32. The third-order valence-electron chi connectivity index (χ3n) is 4.23. The zero-order valence-electron chi connectivity index (χ0n) is 16.6. The zero-order chi connectivity index (χ0) is 21.2. The van der Waals surface area contributed by atoms with Gasteiger partial charge in [-0.1, -0.05) is 54.6 Å². The molecule has 1 aromatic heterocycles. The van der Waals surface area contributed by atoms with Crippen LogP contribution in [0.15, 0.2) is 78.2 Å². The number of nitrogens with one attached hydrogen (secondary N) is 1. The molecule has 0 aliphatic heterocycles. The van der Waals surface area contributed by atoms with Crippen LogP contribution in [0.3, 0.4) is 0 Å². The molecule has 1 N–H and O–H groups in total. The van der Waals surface area contributed by atoms with Crippen molar-refractivity contribution in [3.05, 3.63) is 94.2 Å². The van der Waals surface area contributed by atoms with E-state index in [-0.39, 0.29) is 18.6 Å². The van der Waals surface area contributed by atoms with E-state index in [4.69, 9.17) is 9.47 Å². The second kappa shape index (κ2) is 11.0. The molecule has 1 amide bonds. The van der Waals surface area contributed by atoms with Crippen molar-refractivity contribution in [1.82, 2.24) is 5.32 Å². The van der Waals surface area contributed by atoms with Crippen molar-refractivity contribution >= 4 is 29.3 Å². The lowest BCUT2D eigenvalue weighted by atomic mass is 10.1. The van der Waals surface area contributed by atoms with Gasteiger partial charge in [0.25, 0.3) is 5.91 Å². The third kappa shape index (κ3) is 6.06. The summed E-state index contributed by atoms with van der Waals surface area (Å²) in [7, 11) is 0. The molecule has 6 heteroatoms. The zero-order valence-corrected chi connectivity index (χ0v) is 17.4. The predicted octanol–water partition coefficient (Wildman–Crippen LogP) is 4.61. The van der Waals surface area contributed by atoms with Gasteiger partial charge in [0.05, 0.1) is 12.6 Å². The molecule has 0 fully saturated rings. The molecule has 1 heterocycles. The monoisotopic (exact) mass is 421 g/mol. The van der Waals surface area contributed by atoms with Gasteiger partial charge in [0.1, 0.15) is 5.75 Å². The van der Waals surface area contributed by atoms with E-state index in [0.29, 0.717) is 12.4 Å². The molecular formula is C24H23NO4S. The summed E-state index contributed by atoms with van der Waals surface area (Å²) < 4.78 is 10.6. The normalized spacial score (nSPS) is 11.8.